The van der Waals surface area contributed by atoms with Crippen molar-refractivity contribution in [3.05, 3.63) is 44.9 Å². The SMILES string of the molecule is O=C(C(CCn1ccnc1Cl)NS(=O)(=O)c1c(Cl)cc(Cl)cc1Cl)N1CCC2CCCCC2C1. The van der Waals surface area contributed by atoms with Crippen molar-refractivity contribution >= 4 is 62.3 Å². The molecule has 0 radical (unpaired) electrons. The van der Waals surface area contributed by atoms with Gasteiger partial charge in [-0.25, -0.2) is 13.4 Å². The smallest absolute Gasteiger partial charge is 0.244 e. The zero-order valence-electron chi connectivity index (χ0n) is 18.4. The van der Waals surface area contributed by atoms with Crippen molar-refractivity contribution in [3.63, 3.8) is 0 Å². The summed E-state index contributed by atoms with van der Waals surface area (Å²) in [4.78, 5) is 19.1. The Bertz CT molecular complexity index is 1130. The molecule has 1 aliphatic heterocycles. The molecule has 1 aromatic heterocycles. The molecular weight excluding hydrogens is 542 g/mol. The first kappa shape index (κ1) is 26.0. The summed E-state index contributed by atoms with van der Waals surface area (Å²) in [6.45, 7) is 1.57. The van der Waals surface area contributed by atoms with Crippen LogP contribution in [-0.4, -0.2) is 47.9 Å². The third-order valence-corrected chi connectivity index (χ3v) is 9.68. The van der Waals surface area contributed by atoms with E-state index in [9.17, 15) is 13.2 Å². The van der Waals surface area contributed by atoms with Gasteiger partial charge in [0.2, 0.25) is 21.2 Å². The standard InChI is InChI=1S/C22H26Cl4N4O3S/c23-16-11-17(24)20(18(25)12-16)34(32,33)28-19(6-9-29-10-7-27-22(29)26)21(31)30-8-5-14-3-1-2-4-15(14)13-30/h7,10-12,14-15,19,28H,1-6,8-9,13H2. The Hall–Kier alpha value is -1.03. The Morgan fingerprint density at radius 1 is 1.09 bits per heavy atom. The van der Waals surface area contributed by atoms with E-state index in [0.29, 0.717) is 31.5 Å². The number of hydrogen-bond donors (Lipinski definition) is 1. The van der Waals surface area contributed by atoms with Gasteiger partial charge in [-0.15, -0.1) is 0 Å². The molecule has 7 nitrogen and oxygen atoms in total. The van der Waals surface area contributed by atoms with Crippen molar-refractivity contribution in [1.82, 2.24) is 19.2 Å². The highest BCUT2D eigenvalue weighted by Crippen LogP contribution is 2.37. The van der Waals surface area contributed by atoms with Gasteiger partial charge < -0.3 is 9.47 Å². The lowest BCUT2D eigenvalue weighted by molar-refractivity contribution is -0.136. The van der Waals surface area contributed by atoms with Crippen LogP contribution in [0.15, 0.2) is 29.4 Å². The second kappa shape index (κ2) is 10.9. The van der Waals surface area contributed by atoms with E-state index in [2.05, 4.69) is 9.71 Å². The largest absolute Gasteiger partial charge is 0.341 e. The topological polar surface area (TPSA) is 84.3 Å². The zero-order chi connectivity index (χ0) is 24.5. The highest BCUT2D eigenvalue weighted by molar-refractivity contribution is 7.89. The summed E-state index contributed by atoms with van der Waals surface area (Å²) in [7, 11) is -4.22. The third kappa shape index (κ3) is 5.85. The predicted molar refractivity (Wildman–Crippen MR) is 134 cm³/mol. The van der Waals surface area contributed by atoms with Gasteiger partial charge in [0.25, 0.3) is 0 Å². The number of fused-ring (bicyclic) bond motifs is 1. The molecule has 2 fully saturated rings. The summed E-state index contributed by atoms with van der Waals surface area (Å²) in [6, 6.07) is 1.59. The van der Waals surface area contributed by atoms with E-state index in [1.807, 2.05) is 0 Å². The van der Waals surface area contributed by atoms with E-state index in [4.69, 9.17) is 46.4 Å². The number of halogens is 4. The van der Waals surface area contributed by atoms with Crippen LogP contribution in [0, 0.1) is 11.8 Å². The Morgan fingerprint density at radius 2 is 1.76 bits per heavy atom. The fourth-order valence-electron chi connectivity index (χ4n) is 5.03. The second-order valence-corrected chi connectivity index (χ2v) is 12.2. The van der Waals surface area contributed by atoms with Crippen molar-refractivity contribution in [3.8, 4) is 0 Å². The lowest BCUT2D eigenvalue weighted by Crippen LogP contribution is -2.53. The first-order valence-corrected chi connectivity index (χ1v) is 14.3. The van der Waals surface area contributed by atoms with Gasteiger partial charge in [-0.1, -0.05) is 54.1 Å². The van der Waals surface area contributed by atoms with Crippen molar-refractivity contribution in [2.75, 3.05) is 13.1 Å². The van der Waals surface area contributed by atoms with Crippen LogP contribution in [0.1, 0.15) is 38.5 Å². The van der Waals surface area contributed by atoms with Gasteiger partial charge in [-0.05, 0) is 54.8 Å². The Kier molecular flexibility index (Phi) is 8.37. The van der Waals surface area contributed by atoms with E-state index in [-0.39, 0.29) is 37.6 Å². The lowest BCUT2D eigenvalue weighted by Gasteiger charge is -2.42. The summed E-state index contributed by atoms with van der Waals surface area (Å²) in [5.74, 6) is 0.848. The van der Waals surface area contributed by atoms with Crippen molar-refractivity contribution in [1.29, 1.82) is 0 Å². The summed E-state index contributed by atoms with van der Waals surface area (Å²) >= 11 is 24.4. The molecule has 12 heteroatoms. The molecular formula is C22H26Cl4N4O3S. The average molecular weight is 568 g/mol. The number of rotatable bonds is 7. The molecule has 1 saturated carbocycles. The number of piperidine rings is 1. The van der Waals surface area contributed by atoms with E-state index in [1.54, 1.807) is 21.9 Å². The van der Waals surface area contributed by atoms with Crippen molar-refractivity contribution < 1.29 is 13.2 Å². The predicted octanol–water partition coefficient (Wildman–Crippen LogP) is 5.27. The fourth-order valence-corrected chi connectivity index (χ4v) is 8.00. The van der Waals surface area contributed by atoms with Crippen LogP contribution in [0.25, 0.3) is 0 Å². The van der Waals surface area contributed by atoms with Crippen LogP contribution in [0.4, 0.5) is 0 Å². The quantitative estimate of drug-likeness (QED) is 0.494. The van der Waals surface area contributed by atoms with Gasteiger partial charge >= 0.3 is 0 Å². The molecule has 1 aromatic carbocycles. The Labute approximate surface area is 219 Å². The number of carbonyl (C=O) groups is 1. The minimum atomic E-state index is -4.22. The molecule has 34 heavy (non-hydrogen) atoms. The van der Waals surface area contributed by atoms with Gasteiger partial charge in [0, 0.05) is 37.1 Å². The molecule has 1 N–H and O–H groups in total. The van der Waals surface area contributed by atoms with E-state index in [1.165, 1.54) is 31.4 Å². The van der Waals surface area contributed by atoms with Crippen molar-refractivity contribution in [2.45, 2.75) is 56.0 Å². The van der Waals surface area contributed by atoms with E-state index < -0.39 is 16.1 Å². The molecule has 2 heterocycles. The fraction of sp³-hybridized carbons (Fsp3) is 0.545. The van der Waals surface area contributed by atoms with Gasteiger partial charge in [-0.3, -0.25) is 4.79 Å². The minimum absolute atomic E-state index is 0.114. The highest BCUT2D eigenvalue weighted by atomic mass is 35.5. The van der Waals surface area contributed by atoms with Crippen molar-refractivity contribution in [2.24, 2.45) is 11.8 Å². The molecule has 186 valence electrons. The third-order valence-electron chi connectivity index (χ3n) is 6.75. The van der Waals surface area contributed by atoms with Crippen LogP contribution in [-0.2, 0) is 21.4 Å². The Morgan fingerprint density at radius 3 is 2.41 bits per heavy atom. The second-order valence-electron chi connectivity index (χ2n) is 8.93. The van der Waals surface area contributed by atoms with Gasteiger partial charge in [0.15, 0.2) is 0 Å². The highest BCUT2D eigenvalue weighted by Gasteiger charge is 2.37. The number of aryl methyl sites for hydroxylation is 1. The molecule has 4 rings (SSSR count). The zero-order valence-corrected chi connectivity index (χ0v) is 22.2. The van der Waals surface area contributed by atoms with E-state index >= 15 is 0 Å². The Balaban J connectivity index is 1.57. The number of amides is 1. The average Bonchev–Trinajstić information content (AvgIpc) is 3.19. The van der Waals surface area contributed by atoms with Crippen LogP contribution >= 0.6 is 46.4 Å². The number of benzene rings is 1. The summed E-state index contributed by atoms with van der Waals surface area (Å²) in [6.07, 6.45) is 9.07. The minimum Gasteiger partial charge on any atom is -0.341 e. The molecule has 2 aromatic rings. The maximum absolute atomic E-state index is 13.6. The summed E-state index contributed by atoms with van der Waals surface area (Å²) in [5.41, 5.74) is 0. The summed E-state index contributed by atoms with van der Waals surface area (Å²) in [5, 5.41) is 0.251. The summed E-state index contributed by atoms with van der Waals surface area (Å²) < 4.78 is 30.8. The molecule has 1 aliphatic carbocycles. The number of aromatic nitrogens is 2. The molecule has 0 bridgehead atoms. The van der Waals surface area contributed by atoms with Gasteiger partial charge in [0.05, 0.1) is 10.0 Å². The van der Waals surface area contributed by atoms with Gasteiger partial charge in [-0.2, -0.15) is 4.72 Å². The molecule has 2 aliphatic rings. The van der Waals surface area contributed by atoms with Crippen LogP contribution in [0.2, 0.25) is 20.4 Å². The van der Waals surface area contributed by atoms with Crippen LogP contribution in [0.3, 0.4) is 0 Å². The number of nitrogens with zero attached hydrogens (tertiary/aromatic N) is 3. The number of sulfonamides is 1. The monoisotopic (exact) mass is 566 g/mol. The maximum Gasteiger partial charge on any atom is 0.244 e. The normalized spacial score (nSPS) is 21.8. The maximum atomic E-state index is 13.6. The molecule has 0 spiro atoms. The molecule has 1 saturated heterocycles. The lowest BCUT2D eigenvalue weighted by atomic mass is 9.75. The number of hydrogen-bond acceptors (Lipinski definition) is 4. The molecule has 3 unspecified atom stereocenters. The van der Waals surface area contributed by atoms with E-state index in [0.717, 1.165) is 12.8 Å². The molecule has 1 amide bonds. The van der Waals surface area contributed by atoms with Crippen LogP contribution in [0.5, 0.6) is 0 Å². The number of carbonyl (C=O) groups excluding carboxylic acids is 1. The van der Waals surface area contributed by atoms with Gasteiger partial charge in [0.1, 0.15) is 10.9 Å². The first-order valence-electron chi connectivity index (χ1n) is 11.3. The first-order chi connectivity index (χ1) is 16.2. The molecule has 3 atom stereocenters. The number of likely N-dealkylation sites (tertiary alicyclic amines) is 1. The number of nitrogens with one attached hydrogen (secondary N) is 1. The van der Waals surface area contributed by atoms with Crippen LogP contribution < -0.4 is 4.72 Å². The number of imidazole rings is 1.